The number of rotatable bonds is 2. The van der Waals surface area contributed by atoms with Gasteiger partial charge in [-0.05, 0) is 12.8 Å². The van der Waals surface area contributed by atoms with Crippen LogP contribution in [0.25, 0.3) is 0 Å². The first kappa shape index (κ1) is 11.8. The van der Waals surface area contributed by atoms with Gasteiger partial charge in [-0.1, -0.05) is 18.6 Å². The number of esters is 2. The first-order chi connectivity index (χ1) is 7.08. The van der Waals surface area contributed by atoms with Gasteiger partial charge in [0.25, 0.3) is 0 Å². The summed E-state index contributed by atoms with van der Waals surface area (Å²) in [6, 6.07) is 0. The van der Waals surface area contributed by atoms with E-state index in [0.717, 1.165) is 5.57 Å². The summed E-state index contributed by atoms with van der Waals surface area (Å²) in [5.74, 6) is -1.50. The Balaban J connectivity index is 2.89. The van der Waals surface area contributed by atoms with Crippen molar-refractivity contribution in [2.75, 3.05) is 14.2 Å². The van der Waals surface area contributed by atoms with Crippen molar-refractivity contribution in [3.63, 3.8) is 0 Å². The van der Waals surface area contributed by atoms with Crippen LogP contribution in [0.4, 0.5) is 0 Å². The zero-order valence-electron chi connectivity index (χ0n) is 9.44. The van der Waals surface area contributed by atoms with Crippen molar-refractivity contribution in [1.82, 2.24) is 0 Å². The molecule has 84 valence electrons. The molecular weight excluding hydrogens is 196 g/mol. The number of allylic oxidation sites excluding steroid dienone is 1. The third kappa shape index (κ3) is 1.76. The Hall–Kier alpha value is -1.32. The lowest BCUT2D eigenvalue weighted by molar-refractivity contribution is -0.162. The third-order valence-electron chi connectivity index (χ3n) is 3.04. The molecule has 0 spiro atoms. The molecule has 1 aliphatic rings. The molecule has 4 nitrogen and oxygen atoms in total. The Morgan fingerprint density at radius 1 is 1.20 bits per heavy atom. The van der Waals surface area contributed by atoms with E-state index in [1.54, 1.807) is 0 Å². The summed E-state index contributed by atoms with van der Waals surface area (Å²) < 4.78 is 9.34. The second-order valence-electron chi connectivity index (χ2n) is 3.63. The predicted molar refractivity (Wildman–Crippen MR) is 53.9 cm³/mol. The fourth-order valence-corrected chi connectivity index (χ4v) is 2.20. The van der Waals surface area contributed by atoms with E-state index in [0.29, 0.717) is 0 Å². The highest BCUT2D eigenvalue weighted by Crippen LogP contribution is 2.46. The highest BCUT2D eigenvalue weighted by Gasteiger charge is 2.52. The summed E-state index contributed by atoms with van der Waals surface area (Å²) in [7, 11) is 2.66. The van der Waals surface area contributed by atoms with E-state index in [4.69, 9.17) is 0 Å². The number of carbonyl (C=O) groups is 2. The Labute approximate surface area is 89.2 Å². The Morgan fingerprint density at radius 2 is 1.73 bits per heavy atom. The molecule has 1 fully saturated rings. The standard InChI is InChI=1S/C11H16O4/c1-5-7-6(2)8(10(12)14-3)9(7)11(13)15-4/h5-6,8-9H,1-4H3/b7-5+/t6-,8-,9-/m1/s1. The van der Waals surface area contributed by atoms with Crippen LogP contribution in [0.1, 0.15) is 13.8 Å². The first-order valence-corrected chi connectivity index (χ1v) is 4.90. The van der Waals surface area contributed by atoms with E-state index >= 15 is 0 Å². The minimum atomic E-state index is -0.456. The van der Waals surface area contributed by atoms with E-state index in [2.05, 4.69) is 9.47 Å². The Bertz CT molecular complexity index is 306. The largest absolute Gasteiger partial charge is 0.469 e. The van der Waals surface area contributed by atoms with Crippen LogP contribution in [0.5, 0.6) is 0 Å². The Kier molecular flexibility index (Phi) is 3.50. The number of carbonyl (C=O) groups excluding carboxylic acids is 2. The van der Waals surface area contributed by atoms with Gasteiger partial charge in [0, 0.05) is 0 Å². The summed E-state index contributed by atoms with van der Waals surface area (Å²) in [5.41, 5.74) is 0.956. The van der Waals surface area contributed by atoms with Crippen LogP contribution < -0.4 is 0 Å². The van der Waals surface area contributed by atoms with Gasteiger partial charge in [-0.15, -0.1) is 0 Å². The molecule has 1 rings (SSSR count). The van der Waals surface area contributed by atoms with Crippen LogP contribution in [0.3, 0.4) is 0 Å². The van der Waals surface area contributed by atoms with E-state index in [1.165, 1.54) is 14.2 Å². The molecule has 0 heterocycles. The normalized spacial score (nSPS) is 32.0. The summed E-state index contributed by atoms with van der Waals surface area (Å²) in [6.45, 7) is 3.77. The predicted octanol–water partition coefficient (Wildman–Crippen LogP) is 1.16. The quantitative estimate of drug-likeness (QED) is 0.509. The molecule has 0 N–H and O–H groups in total. The van der Waals surface area contributed by atoms with Crippen LogP contribution in [-0.2, 0) is 19.1 Å². The van der Waals surface area contributed by atoms with Crippen LogP contribution >= 0.6 is 0 Å². The summed E-state index contributed by atoms with van der Waals surface area (Å²) in [6.07, 6.45) is 1.87. The molecule has 15 heavy (non-hydrogen) atoms. The van der Waals surface area contributed by atoms with Gasteiger partial charge in [-0.3, -0.25) is 9.59 Å². The molecular formula is C11H16O4. The van der Waals surface area contributed by atoms with Crippen LogP contribution in [0.2, 0.25) is 0 Å². The van der Waals surface area contributed by atoms with Gasteiger partial charge in [0.1, 0.15) is 0 Å². The van der Waals surface area contributed by atoms with Crippen molar-refractivity contribution in [2.45, 2.75) is 13.8 Å². The molecule has 3 atom stereocenters. The maximum absolute atomic E-state index is 11.5. The number of methoxy groups -OCH3 is 2. The van der Waals surface area contributed by atoms with Crippen molar-refractivity contribution in [3.05, 3.63) is 11.6 Å². The minimum absolute atomic E-state index is 0.0616. The molecule has 0 aromatic rings. The van der Waals surface area contributed by atoms with E-state index in [9.17, 15) is 9.59 Å². The molecule has 1 saturated carbocycles. The topological polar surface area (TPSA) is 52.6 Å². The molecule has 0 unspecified atom stereocenters. The SMILES string of the molecule is C/C=C1\[C@@H](C)[C@@H](C(=O)OC)[C@@H]1C(=O)OC. The maximum atomic E-state index is 11.5. The molecule has 0 amide bonds. The molecule has 0 aromatic heterocycles. The minimum Gasteiger partial charge on any atom is -0.469 e. The maximum Gasteiger partial charge on any atom is 0.313 e. The average Bonchev–Trinajstić information content (AvgIpc) is 2.24. The molecule has 4 heteroatoms. The van der Waals surface area contributed by atoms with Gasteiger partial charge < -0.3 is 9.47 Å². The lowest BCUT2D eigenvalue weighted by Gasteiger charge is -2.41. The zero-order valence-corrected chi connectivity index (χ0v) is 9.44. The fraction of sp³-hybridized carbons (Fsp3) is 0.636. The highest BCUT2D eigenvalue weighted by molar-refractivity contribution is 5.88. The molecule has 0 radical (unpaired) electrons. The van der Waals surface area contributed by atoms with E-state index in [1.807, 2.05) is 19.9 Å². The van der Waals surface area contributed by atoms with Crippen molar-refractivity contribution in [2.24, 2.45) is 17.8 Å². The average molecular weight is 212 g/mol. The first-order valence-electron chi connectivity index (χ1n) is 4.90. The number of hydrogen-bond acceptors (Lipinski definition) is 4. The van der Waals surface area contributed by atoms with Crippen molar-refractivity contribution in [3.8, 4) is 0 Å². The van der Waals surface area contributed by atoms with Gasteiger partial charge >= 0.3 is 11.9 Å². The lowest BCUT2D eigenvalue weighted by Crippen LogP contribution is -2.48. The molecule has 0 saturated heterocycles. The van der Waals surface area contributed by atoms with E-state index < -0.39 is 11.8 Å². The van der Waals surface area contributed by atoms with Crippen LogP contribution in [0, 0.1) is 17.8 Å². The zero-order chi connectivity index (χ0) is 11.6. The molecule has 0 bridgehead atoms. The summed E-state index contributed by atoms with van der Waals surface area (Å²) in [4.78, 5) is 22.9. The third-order valence-corrected chi connectivity index (χ3v) is 3.04. The second-order valence-corrected chi connectivity index (χ2v) is 3.63. The highest BCUT2D eigenvalue weighted by atomic mass is 16.5. The van der Waals surface area contributed by atoms with Crippen LogP contribution in [-0.4, -0.2) is 26.2 Å². The lowest BCUT2D eigenvalue weighted by atomic mass is 9.61. The fourth-order valence-electron chi connectivity index (χ4n) is 2.20. The second kappa shape index (κ2) is 4.47. The number of hydrogen-bond donors (Lipinski definition) is 0. The Morgan fingerprint density at radius 3 is 2.13 bits per heavy atom. The molecule has 0 aliphatic heterocycles. The van der Waals surface area contributed by atoms with Gasteiger partial charge in [0.2, 0.25) is 0 Å². The van der Waals surface area contributed by atoms with E-state index in [-0.39, 0.29) is 17.9 Å². The van der Waals surface area contributed by atoms with Gasteiger partial charge in [-0.25, -0.2) is 0 Å². The number of ether oxygens (including phenoxy) is 2. The van der Waals surface area contributed by atoms with Crippen molar-refractivity contribution < 1.29 is 19.1 Å². The summed E-state index contributed by atoms with van der Waals surface area (Å²) >= 11 is 0. The molecule has 0 aromatic carbocycles. The van der Waals surface area contributed by atoms with Crippen molar-refractivity contribution >= 4 is 11.9 Å². The monoisotopic (exact) mass is 212 g/mol. The summed E-state index contributed by atoms with van der Waals surface area (Å²) in [5, 5.41) is 0. The van der Waals surface area contributed by atoms with Crippen molar-refractivity contribution in [1.29, 1.82) is 0 Å². The molecule has 1 aliphatic carbocycles. The van der Waals surface area contributed by atoms with Gasteiger partial charge in [0.15, 0.2) is 0 Å². The van der Waals surface area contributed by atoms with Crippen LogP contribution in [0.15, 0.2) is 11.6 Å². The van der Waals surface area contributed by atoms with Gasteiger partial charge in [0.05, 0.1) is 26.1 Å². The smallest absolute Gasteiger partial charge is 0.313 e. The van der Waals surface area contributed by atoms with Gasteiger partial charge in [-0.2, -0.15) is 0 Å².